The highest BCUT2D eigenvalue weighted by molar-refractivity contribution is 14.1. The molecule has 4 rings (SSSR count). The van der Waals surface area contributed by atoms with Crippen LogP contribution in [0.1, 0.15) is 36.7 Å². The Morgan fingerprint density at radius 2 is 1.89 bits per heavy atom. The van der Waals surface area contributed by atoms with Crippen LogP contribution in [0, 0.1) is 14.1 Å². The number of carbonyl (C=O) groups is 1. The Bertz CT molecular complexity index is 1560. The second-order valence-corrected chi connectivity index (χ2v) is 11.9. The summed E-state index contributed by atoms with van der Waals surface area (Å²) in [6.45, 7) is 3.93. The Morgan fingerprint density at radius 3 is 2.61 bits per heavy atom. The first-order chi connectivity index (χ1) is 18.3. The number of hydrogen-bond acceptors (Lipinski definition) is 5. The van der Waals surface area contributed by atoms with Crippen LogP contribution in [0.2, 0.25) is 0 Å². The molecule has 0 aliphatic carbocycles. The number of nitrogens with one attached hydrogen (secondary N) is 1. The molecule has 4 aromatic rings. The number of nitrogens with zero attached hydrogens (tertiary/aromatic N) is 3. The van der Waals surface area contributed by atoms with E-state index in [-0.39, 0.29) is 18.1 Å². The summed E-state index contributed by atoms with van der Waals surface area (Å²) in [6, 6.07) is 16.9. The van der Waals surface area contributed by atoms with E-state index < -0.39 is 0 Å². The van der Waals surface area contributed by atoms with E-state index in [9.17, 15) is 9.59 Å². The molecule has 0 unspecified atom stereocenters. The smallest absolute Gasteiger partial charge is 0.282 e. The molecule has 7 nitrogen and oxygen atoms in total. The number of fused-ring (bicyclic) bond motifs is 1. The van der Waals surface area contributed by atoms with Crippen LogP contribution in [-0.4, -0.2) is 28.4 Å². The minimum atomic E-state index is -0.231. The number of anilines is 1. The Morgan fingerprint density at radius 1 is 1.16 bits per heavy atom. The third kappa shape index (κ3) is 7.00. The lowest BCUT2D eigenvalue weighted by Gasteiger charge is -2.13. The number of amides is 1. The fourth-order valence-corrected chi connectivity index (χ4v) is 6.25. The van der Waals surface area contributed by atoms with Gasteiger partial charge in [0.1, 0.15) is 11.6 Å². The van der Waals surface area contributed by atoms with E-state index in [0.29, 0.717) is 28.9 Å². The van der Waals surface area contributed by atoms with Gasteiger partial charge < -0.3 is 10.1 Å². The highest BCUT2D eigenvalue weighted by atomic mass is 127. The molecule has 196 valence electrons. The summed E-state index contributed by atoms with van der Waals surface area (Å²) in [6.07, 6.45) is 4.20. The van der Waals surface area contributed by atoms with Crippen molar-refractivity contribution in [2.24, 2.45) is 5.10 Å². The molecule has 0 aliphatic rings. The van der Waals surface area contributed by atoms with Gasteiger partial charge >= 0.3 is 0 Å². The summed E-state index contributed by atoms with van der Waals surface area (Å²) in [5, 5.41) is 7.93. The second-order valence-electron chi connectivity index (χ2n) is 8.62. The third-order valence-electron chi connectivity index (χ3n) is 5.74. The van der Waals surface area contributed by atoms with E-state index in [2.05, 4.69) is 78.5 Å². The lowest BCUT2D eigenvalue weighted by molar-refractivity contribution is -0.118. The van der Waals surface area contributed by atoms with Crippen LogP contribution in [0.5, 0.6) is 5.75 Å². The molecule has 0 saturated heterocycles. The quantitative estimate of drug-likeness (QED) is 0.147. The van der Waals surface area contributed by atoms with Gasteiger partial charge in [0, 0.05) is 16.6 Å². The number of hydrogen-bond donors (Lipinski definition) is 1. The molecule has 0 bridgehead atoms. The fourth-order valence-electron chi connectivity index (χ4n) is 3.76. The zero-order valence-electron chi connectivity index (χ0n) is 20.8. The maximum absolute atomic E-state index is 13.3. The molecule has 1 aromatic heterocycles. The molecule has 38 heavy (non-hydrogen) atoms. The second kappa shape index (κ2) is 13.2. The Balaban J connectivity index is 1.56. The van der Waals surface area contributed by atoms with Crippen molar-refractivity contribution in [3.05, 3.63) is 93.5 Å². The summed E-state index contributed by atoms with van der Waals surface area (Å²) in [5.41, 5.74) is 3.01. The summed E-state index contributed by atoms with van der Waals surface area (Å²) in [5.74, 6) is 1.03. The lowest BCUT2D eigenvalue weighted by Crippen LogP contribution is -2.22. The topological polar surface area (TPSA) is 85.6 Å². The van der Waals surface area contributed by atoms with E-state index in [1.165, 1.54) is 4.68 Å². The van der Waals surface area contributed by atoms with Crippen molar-refractivity contribution in [3.8, 4) is 5.75 Å². The van der Waals surface area contributed by atoms with Crippen molar-refractivity contribution < 1.29 is 9.53 Å². The predicted molar refractivity (Wildman–Crippen MR) is 172 cm³/mol. The first-order valence-corrected chi connectivity index (χ1v) is 14.9. The maximum Gasteiger partial charge on any atom is 0.282 e. The molecule has 0 radical (unpaired) electrons. The van der Waals surface area contributed by atoms with Crippen molar-refractivity contribution in [1.82, 2.24) is 9.66 Å². The van der Waals surface area contributed by atoms with Gasteiger partial charge in [0.25, 0.3) is 11.5 Å². The Kier molecular flexibility index (Phi) is 9.93. The molecule has 0 spiro atoms. The number of ether oxygens (including phenoxy) is 1. The molecular formula is C28H25BrI2N4O3. The van der Waals surface area contributed by atoms with Gasteiger partial charge in [0.05, 0.1) is 24.3 Å². The van der Waals surface area contributed by atoms with Crippen LogP contribution in [0.15, 0.2) is 69.0 Å². The molecular weight excluding hydrogens is 774 g/mol. The van der Waals surface area contributed by atoms with Crippen LogP contribution >= 0.6 is 61.1 Å². The summed E-state index contributed by atoms with van der Waals surface area (Å²) >= 11 is 7.80. The third-order valence-corrected chi connectivity index (χ3v) is 7.83. The van der Waals surface area contributed by atoms with Crippen LogP contribution in [-0.2, 0) is 11.2 Å². The standard InChI is InChI=1S/C28H25BrI2N4O3/c1-3-4-9-25-33-24-11-10-19(29)14-20(24)28(37)35(25)32-15-18-12-21(30)27(22(31)13-18)38-16-26(36)34-23-8-6-5-7-17(23)2/h5-8,10-15H,3-4,9,16H2,1-2H3,(H,34,36). The monoisotopic (exact) mass is 798 g/mol. The van der Waals surface area contributed by atoms with Crippen LogP contribution in [0.4, 0.5) is 5.69 Å². The first kappa shape index (κ1) is 28.7. The molecule has 0 fully saturated rings. The molecule has 1 heterocycles. The zero-order chi connectivity index (χ0) is 27.2. The molecule has 0 atom stereocenters. The van der Waals surface area contributed by atoms with Gasteiger partial charge in [0.2, 0.25) is 0 Å². The number of aromatic nitrogens is 2. The van der Waals surface area contributed by atoms with Gasteiger partial charge in [-0.1, -0.05) is 47.5 Å². The summed E-state index contributed by atoms with van der Waals surface area (Å²) in [4.78, 5) is 30.5. The number of rotatable bonds is 9. The Hall–Kier alpha value is -2.32. The highest BCUT2D eigenvalue weighted by Gasteiger charge is 2.13. The molecule has 1 amide bonds. The number of benzene rings is 3. The van der Waals surface area contributed by atoms with Crippen LogP contribution in [0.25, 0.3) is 10.9 Å². The van der Waals surface area contributed by atoms with Crippen molar-refractivity contribution in [2.75, 3.05) is 11.9 Å². The van der Waals surface area contributed by atoms with E-state index in [4.69, 9.17) is 9.72 Å². The largest absolute Gasteiger partial charge is 0.482 e. The van der Waals surface area contributed by atoms with Crippen molar-refractivity contribution in [3.63, 3.8) is 0 Å². The molecule has 10 heteroatoms. The van der Waals surface area contributed by atoms with Gasteiger partial charge in [-0.15, -0.1) is 0 Å². The van der Waals surface area contributed by atoms with Crippen molar-refractivity contribution >= 4 is 89.8 Å². The highest BCUT2D eigenvalue weighted by Crippen LogP contribution is 2.29. The van der Waals surface area contributed by atoms with E-state index in [1.54, 1.807) is 12.3 Å². The number of aryl methyl sites for hydroxylation is 2. The van der Waals surface area contributed by atoms with Crippen molar-refractivity contribution in [1.29, 1.82) is 0 Å². The lowest BCUT2D eigenvalue weighted by atomic mass is 10.2. The molecule has 0 aliphatic heterocycles. The molecule has 0 saturated carbocycles. The number of halogens is 3. The SMILES string of the molecule is CCCCc1nc2ccc(Br)cc2c(=O)n1N=Cc1cc(I)c(OCC(=O)Nc2ccccc2C)c(I)c1. The number of para-hydroxylation sites is 1. The van der Waals surface area contributed by atoms with Gasteiger partial charge in [-0.25, -0.2) is 4.98 Å². The van der Waals surface area contributed by atoms with Crippen LogP contribution < -0.4 is 15.6 Å². The maximum atomic E-state index is 13.3. The Labute approximate surface area is 256 Å². The number of unbranched alkanes of at least 4 members (excludes halogenated alkanes) is 1. The molecule has 3 aromatic carbocycles. The summed E-state index contributed by atoms with van der Waals surface area (Å²) in [7, 11) is 0. The normalized spacial score (nSPS) is 11.3. The van der Waals surface area contributed by atoms with Crippen LogP contribution in [0.3, 0.4) is 0 Å². The number of carbonyl (C=O) groups excluding carboxylic acids is 1. The summed E-state index contributed by atoms with van der Waals surface area (Å²) < 4.78 is 9.73. The zero-order valence-corrected chi connectivity index (χ0v) is 26.7. The van der Waals surface area contributed by atoms with E-state index in [0.717, 1.165) is 41.3 Å². The fraction of sp³-hybridized carbons (Fsp3) is 0.214. The minimum Gasteiger partial charge on any atom is -0.482 e. The van der Waals surface area contributed by atoms with Gasteiger partial charge in [-0.2, -0.15) is 9.78 Å². The average Bonchev–Trinajstić information content (AvgIpc) is 2.88. The van der Waals surface area contributed by atoms with E-state index >= 15 is 0 Å². The minimum absolute atomic E-state index is 0.109. The first-order valence-electron chi connectivity index (χ1n) is 12.0. The van der Waals surface area contributed by atoms with Crippen molar-refractivity contribution in [2.45, 2.75) is 33.1 Å². The van der Waals surface area contributed by atoms with Gasteiger partial charge in [-0.3, -0.25) is 9.59 Å². The van der Waals surface area contributed by atoms with Gasteiger partial charge in [0.15, 0.2) is 6.61 Å². The predicted octanol–water partition coefficient (Wildman–Crippen LogP) is 6.92. The molecule has 1 N–H and O–H groups in total. The average molecular weight is 799 g/mol. The van der Waals surface area contributed by atoms with E-state index in [1.807, 2.05) is 55.5 Å². The van der Waals surface area contributed by atoms with Gasteiger partial charge in [-0.05, 0) is 106 Å².